The zero-order chi connectivity index (χ0) is 23.6. The molecule has 5 N–H and O–H groups in total. The molecule has 2 aliphatic heterocycles. The molecule has 0 aromatic heterocycles. The quantitative estimate of drug-likeness (QED) is 0.392. The first-order valence-electron chi connectivity index (χ1n) is 11.0. The molecule has 9 nitrogen and oxygen atoms in total. The number of nitrogens with zero attached hydrogens (tertiary/aromatic N) is 2. The SMILES string of the molecule is CC(=N)N1CCC(Oc2ccc(S(=O)(=O)Nc3ccc4c(c3)CN(C(=N)N)CC4)cc2)CC1. The number of anilines is 1. The molecule has 0 bridgehead atoms. The molecule has 176 valence electrons. The Morgan fingerprint density at radius 2 is 1.73 bits per heavy atom. The summed E-state index contributed by atoms with van der Waals surface area (Å²) in [5, 5.41) is 15.4. The van der Waals surface area contributed by atoms with Gasteiger partial charge in [0.15, 0.2) is 5.96 Å². The molecule has 0 unspecified atom stereocenters. The van der Waals surface area contributed by atoms with Crippen LogP contribution in [0, 0.1) is 10.8 Å². The zero-order valence-corrected chi connectivity index (χ0v) is 19.5. The first-order valence-corrected chi connectivity index (χ1v) is 12.5. The number of hydrogen-bond acceptors (Lipinski definition) is 5. The predicted octanol–water partition coefficient (Wildman–Crippen LogP) is 2.58. The number of rotatable bonds is 5. The van der Waals surface area contributed by atoms with E-state index in [1.165, 1.54) is 0 Å². The van der Waals surface area contributed by atoms with E-state index in [-0.39, 0.29) is 17.0 Å². The van der Waals surface area contributed by atoms with Crippen LogP contribution >= 0.6 is 0 Å². The fraction of sp³-hybridized carbons (Fsp3) is 0.391. The summed E-state index contributed by atoms with van der Waals surface area (Å²) in [6.45, 7) is 4.55. The molecule has 2 aliphatic rings. The summed E-state index contributed by atoms with van der Waals surface area (Å²) in [7, 11) is -3.75. The number of ether oxygens (including phenoxy) is 1. The Balaban J connectivity index is 1.40. The highest BCUT2D eigenvalue weighted by molar-refractivity contribution is 7.92. The van der Waals surface area contributed by atoms with Gasteiger partial charge in [0.2, 0.25) is 0 Å². The first kappa shape index (κ1) is 22.9. The molecule has 4 rings (SSSR count). The van der Waals surface area contributed by atoms with Crippen molar-refractivity contribution >= 4 is 27.5 Å². The molecule has 0 saturated carbocycles. The van der Waals surface area contributed by atoms with Crippen LogP contribution in [0.1, 0.15) is 30.9 Å². The molecule has 0 radical (unpaired) electrons. The van der Waals surface area contributed by atoms with Crippen molar-refractivity contribution in [1.82, 2.24) is 9.80 Å². The third-order valence-corrected chi connectivity index (χ3v) is 7.56. The molecule has 2 aromatic rings. The third kappa shape index (κ3) is 5.39. The van der Waals surface area contributed by atoms with Gasteiger partial charge in [-0.15, -0.1) is 0 Å². The van der Waals surface area contributed by atoms with Crippen LogP contribution in [0.5, 0.6) is 5.75 Å². The average Bonchev–Trinajstić information content (AvgIpc) is 2.79. The van der Waals surface area contributed by atoms with Crippen molar-refractivity contribution in [2.75, 3.05) is 24.4 Å². The molecule has 33 heavy (non-hydrogen) atoms. The summed E-state index contributed by atoms with van der Waals surface area (Å²) in [6, 6.07) is 11.9. The summed E-state index contributed by atoms with van der Waals surface area (Å²) in [6.07, 6.45) is 2.49. The van der Waals surface area contributed by atoms with E-state index in [9.17, 15) is 8.42 Å². The lowest BCUT2D eigenvalue weighted by molar-refractivity contribution is 0.130. The maximum absolute atomic E-state index is 12.9. The molecule has 0 spiro atoms. The summed E-state index contributed by atoms with van der Waals surface area (Å²) in [4.78, 5) is 3.95. The molecule has 10 heteroatoms. The molecule has 1 fully saturated rings. The molecule has 2 heterocycles. The van der Waals surface area contributed by atoms with Crippen LogP contribution in [-0.2, 0) is 23.0 Å². The predicted molar refractivity (Wildman–Crippen MR) is 128 cm³/mol. The second-order valence-electron chi connectivity index (χ2n) is 8.51. The second-order valence-corrected chi connectivity index (χ2v) is 10.2. The average molecular weight is 471 g/mol. The normalized spacial score (nSPS) is 16.8. The maximum Gasteiger partial charge on any atom is 0.261 e. The van der Waals surface area contributed by atoms with E-state index in [0.717, 1.165) is 43.5 Å². The van der Waals surface area contributed by atoms with Crippen LogP contribution in [0.2, 0.25) is 0 Å². The second kappa shape index (κ2) is 9.30. The third-order valence-electron chi connectivity index (χ3n) is 6.16. The van der Waals surface area contributed by atoms with Crippen molar-refractivity contribution in [3.63, 3.8) is 0 Å². The van der Waals surface area contributed by atoms with Gasteiger partial charge in [0.25, 0.3) is 10.0 Å². The van der Waals surface area contributed by atoms with Crippen LogP contribution < -0.4 is 15.2 Å². The van der Waals surface area contributed by atoms with Gasteiger partial charge in [-0.2, -0.15) is 0 Å². The summed E-state index contributed by atoms with van der Waals surface area (Å²) < 4.78 is 34.5. The van der Waals surface area contributed by atoms with E-state index in [0.29, 0.717) is 30.4 Å². The van der Waals surface area contributed by atoms with Crippen LogP contribution in [0.3, 0.4) is 0 Å². The number of likely N-dealkylation sites (tertiary alicyclic amines) is 1. The van der Waals surface area contributed by atoms with Crippen molar-refractivity contribution in [2.45, 2.75) is 43.7 Å². The number of fused-ring (bicyclic) bond motifs is 1. The Bertz CT molecular complexity index is 1140. The number of benzene rings is 2. The van der Waals surface area contributed by atoms with Gasteiger partial charge < -0.3 is 20.3 Å². The summed E-state index contributed by atoms with van der Waals surface area (Å²) in [5.41, 5.74) is 8.19. The lowest BCUT2D eigenvalue weighted by atomic mass is 9.99. The van der Waals surface area contributed by atoms with Crippen molar-refractivity contribution in [2.24, 2.45) is 5.73 Å². The molecule has 0 aliphatic carbocycles. The molecular weight excluding hydrogens is 440 g/mol. The molecular formula is C23H30N6O3S. The van der Waals surface area contributed by atoms with Crippen LogP contribution in [0.25, 0.3) is 0 Å². The number of nitrogens with one attached hydrogen (secondary N) is 3. The van der Waals surface area contributed by atoms with Gasteiger partial charge in [0.05, 0.1) is 10.7 Å². The van der Waals surface area contributed by atoms with Crippen molar-refractivity contribution < 1.29 is 13.2 Å². The van der Waals surface area contributed by atoms with E-state index >= 15 is 0 Å². The zero-order valence-electron chi connectivity index (χ0n) is 18.7. The first-order chi connectivity index (χ1) is 15.7. The van der Waals surface area contributed by atoms with Crippen LogP contribution in [0.4, 0.5) is 5.69 Å². The van der Waals surface area contributed by atoms with Gasteiger partial charge in [-0.25, -0.2) is 8.42 Å². The van der Waals surface area contributed by atoms with Crippen LogP contribution in [-0.4, -0.2) is 55.8 Å². The minimum atomic E-state index is -3.75. The molecule has 0 atom stereocenters. The molecule has 1 saturated heterocycles. The highest BCUT2D eigenvalue weighted by atomic mass is 32.2. The van der Waals surface area contributed by atoms with Gasteiger partial charge in [0.1, 0.15) is 11.9 Å². The van der Waals surface area contributed by atoms with E-state index < -0.39 is 10.0 Å². The standard InChI is InChI=1S/C23H30N6O3S/c1-16(24)28-12-9-21(10-13-28)32-20-4-6-22(7-5-20)33(30,31)27-19-3-2-17-8-11-29(23(25)26)15-18(17)14-19/h2-7,14,21,24,27H,8-13,15H2,1H3,(H3,25,26). The van der Waals surface area contributed by atoms with Crippen LogP contribution in [0.15, 0.2) is 47.4 Å². The van der Waals surface area contributed by atoms with Crippen molar-refractivity contribution in [1.29, 1.82) is 10.8 Å². The monoisotopic (exact) mass is 470 g/mol. The number of nitrogens with two attached hydrogens (primary N) is 1. The maximum atomic E-state index is 12.9. The van der Waals surface area contributed by atoms with Crippen molar-refractivity contribution in [3.05, 3.63) is 53.6 Å². The van der Waals surface area contributed by atoms with Gasteiger partial charge in [0, 0.05) is 44.7 Å². The highest BCUT2D eigenvalue weighted by Gasteiger charge is 2.22. The van der Waals surface area contributed by atoms with E-state index in [1.54, 1.807) is 42.2 Å². The Morgan fingerprint density at radius 1 is 1.03 bits per heavy atom. The van der Waals surface area contributed by atoms with Gasteiger partial charge >= 0.3 is 0 Å². The number of amidine groups is 1. The fourth-order valence-electron chi connectivity index (χ4n) is 4.24. The van der Waals surface area contributed by atoms with Gasteiger partial charge in [-0.1, -0.05) is 6.07 Å². The smallest absolute Gasteiger partial charge is 0.261 e. The topological polar surface area (TPSA) is 136 Å². The lowest BCUT2D eigenvalue weighted by Gasteiger charge is -2.32. The molecule has 0 amide bonds. The van der Waals surface area contributed by atoms with E-state index in [1.807, 2.05) is 17.0 Å². The number of sulfonamides is 1. The van der Waals surface area contributed by atoms with Crippen molar-refractivity contribution in [3.8, 4) is 5.75 Å². The Labute approximate surface area is 194 Å². The fourth-order valence-corrected chi connectivity index (χ4v) is 5.29. The highest BCUT2D eigenvalue weighted by Crippen LogP contribution is 2.26. The van der Waals surface area contributed by atoms with E-state index in [2.05, 4.69) is 4.72 Å². The summed E-state index contributed by atoms with van der Waals surface area (Å²) >= 11 is 0. The van der Waals surface area contributed by atoms with E-state index in [4.69, 9.17) is 21.3 Å². The number of piperidine rings is 1. The van der Waals surface area contributed by atoms with Gasteiger partial charge in [-0.05, 0) is 60.9 Å². The Morgan fingerprint density at radius 3 is 2.36 bits per heavy atom. The number of guanidine groups is 1. The lowest BCUT2D eigenvalue weighted by Crippen LogP contribution is -2.40. The van der Waals surface area contributed by atoms with Gasteiger partial charge in [-0.3, -0.25) is 15.5 Å². The Kier molecular flexibility index (Phi) is 6.46. The minimum Gasteiger partial charge on any atom is -0.490 e. The minimum absolute atomic E-state index is 0.0179. The molecule has 2 aromatic carbocycles. The largest absolute Gasteiger partial charge is 0.490 e. The Hall–Kier alpha value is -3.27. The summed E-state index contributed by atoms with van der Waals surface area (Å²) in [5.74, 6) is 1.23. The number of hydrogen-bond donors (Lipinski definition) is 4.